The van der Waals surface area contributed by atoms with Crippen LogP contribution in [0.1, 0.15) is 32.8 Å². The molecule has 0 saturated carbocycles. The van der Waals surface area contributed by atoms with Gasteiger partial charge < -0.3 is 30.2 Å². The van der Waals surface area contributed by atoms with Crippen LogP contribution in [0.2, 0.25) is 0 Å². The maximum absolute atomic E-state index is 12.2. The molecule has 0 aliphatic heterocycles. The molecular weight excluding hydrogens is 374 g/mol. The predicted octanol–water partition coefficient (Wildman–Crippen LogP) is 1.95. The molecule has 1 aromatic rings. The summed E-state index contributed by atoms with van der Waals surface area (Å²) in [5, 5.41) is 8.41. The van der Waals surface area contributed by atoms with Crippen molar-refractivity contribution in [3.63, 3.8) is 0 Å². The van der Waals surface area contributed by atoms with E-state index in [0.717, 1.165) is 12.1 Å². The second-order valence-electron chi connectivity index (χ2n) is 5.99. The van der Waals surface area contributed by atoms with Gasteiger partial charge in [-0.3, -0.25) is 9.59 Å². The molecule has 0 bridgehead atoms. The maximum Gasteiger partial charge on any atom is 0.246 e. The molecule has 0 aliphatic rings. The molecule has 0 spiro atoms. The Hall–Kier alpha value is -2.00. The van der Waals surface area contributed by atoms with Gasteiger partial charge in [0.2, 0.25) is 11.8 Å². The summed E-state index contributed by atoms with van der Waals surface area (Å²) >= 11 is 0. The van der Waals surface area contributed by atoms with Crippen LogP contribution in [-0.4, -0.2) is 65.0 Å². The Balaban J connectivity index is 0.00000379. The minimum atomic E-state index is -0.638. The Labute approximate surface area is 174 Å². The van der Waals surface area contributed by atoms with Crippen LogP contribution in [0.3, 0.4) is 0 Å². The van der Waals surface area contributed by atoms with Crippen molar-refractivity contribution < 1.29 is 23.8 Å². The molecular formula is C21H37N3O5. The molecule has 0 saturated heterocycles. The Morgan fingerprint density at radius 2 is 1.62 bits per heavy atom. The number of ether oxygens (including phenoxy) is 3. The summed E-state index contributed by atoms with van der Waals surface area (Å²) in [6, 6.07) is 6.71. The van der Waals surface area contributed by atoms with E-state index in [1.165, 1.54) is 0 Å². The molecule has 0 aliphatic carbocycles. The van der Waals surface area contributed by atoms with Crippen LogP contribution in [-0.2, 0) is 30.4 Å². The lowest BCUT2D eigenvalue weighted by atomic mass is 10.2. The Morgan fingerprint density at radius 3 is 2.21 bits per heavy atom. The van der Waals surface area contributed by atoms with Crippen molar-refractivity contribution in [2.45, 2.75) is 39.8 Å². The molecule has 8 nitrogen and oxygen atoms in total. The third-order valence-corrected chi connectivity index (χ3v) is 3.65. The highest BCUT2D eigenvalue weighted by Gasteiger charge is 2.15. The fourth-order valence-electron chi connectivity index (χ4n) is 2.14. The van der Waals surface area contributed by atoms with E-state index in [2.05, 4.69) is 16.0 Å². The normalized spacial score (nSPS) is 11.2. The minimum Gasteiger partial charge on any atom is -0.380 e. The fourth-order valence-corrected chi connectivity index (χ4v) is 2.14. The van der Waals surface area contributed by atoms with Gasteiger partial charge in [-0.1, -0.05) is 26.0 Å². The van der Waals surface area contributed by atoms with Crippen molar-refractivity contribution in [1.29, 1.82) is 0 Å². The van der Waals surface area contributed by atoms with Gasteiger partial charge in [0.1, 0.15) is 6.04 Å². The largest absolute Gasteiger partial charge is 0.380 e. The van der Waals surface area contributed by atoms with E-state index in [4.69, 9.17) is 14.2 Å². The number of carbonyl (C=O) groups excluding carboxylic acids is 2. The summed E-state index contributed by atoms with van der Waals surface area (Å²) in [5.74, 6) is -0.508. The molecule has 1 aromatic carbocycles. The third-order valence-electron chi connectivity index (χ3n) is 3.65. The van der Waals surface area contributed by atoms with Crippen molar-refractivity contribution in [3.05, 3.63) is 29.8 Å². The van der Waals surface area contributed by atoms with Gasteiger partial charge in [0.15, 0.2) is 0 Å². The highest BCUT2D eigenvalue weighted by molar-refractivity contribution is 5.96. The maximum atomic E-state index is 12.2. The topological polar surface area (TPSA) is 97.9 Å². The number of rotatable bonds is 14. The Kier molecular flexibility index (Phi) is 16.8. The molecule has 2 amide bonds. The van der Waals surface area contributed by atoms with E-state index < -0.39 is 6.04 Å². The number of likely N-dealkylation sites (N-methyl/N-ethyl adjacent to an activating group) is 1. The van der Waals surface area contributed by atoms with Crippen molar-refractivity contribution in [2.75, 3.05) is 52.4 Å². The summed E-state index contributed by atoms with van der Waals surface area (Å²) in [6.45, 7) is 8.80. The standard InChI is InChI=1S/C19H31N3O5.C2H6/c1-15(19(24)22-17-6-4-16(5-7-17)14-25-3)21-18(23)8-10-26-12-13-27-11-9-20-2;1-2/h4-7,15,20H,8-14H2,1-3H3,(H,21,23)(H,22,24);1-2H3. The van der Waals surface area contributed by atoms with E-state index >= 15 is 0 Å². The summed E-state index contributed by atoms with van der Waals surface area (Å²) in [7, 11) is 3.49. The number of methoxy groups -OCH3 is 1. The lowest BCUT2D eigenvalue weighted by molar-refractivity contribution is -0.127. The highest BCUT2D eigenvalue weighted by Crippen LogP contribution is 2.10. The van der Waals surface area contributed by atoms with Crippen LogP contribution in [0.15, 0.2) is 24.3 Å². The van der Waals surface area contributed by atoms with E-state index in [0.29, 0.717) is 32.1 Å². The second-order valence-corrected chi connectivity index (χ2v) is 5.99. The zero-order valence-corrected chi connectivity index (χ0v) is 18.4. The zero-order valence-electron chi connectivity index (χ0n) is 18.4. The minimum absolute atomic E-state index is 0.194. The lowest BCUT2D eigenvalue weighted by Gasteiger charge is -2.14. The van der Waals surface area contributed by atoms with Gasteiger partial charge in [-0.25, -0.2) is 0 Å². The summed E-state index contributed by atoms with van der Waals surface area (Å²) in [4.78, 5) is 24.0. The monoisotopic (exact) mass is 411 g/mol. The first kappa shape index (κ1) is 27.0. The average Bonchev–Trinajstić information content (AvgIpc) is 2.73. The van der Waals surface area contributed by atoms with E-state index in [9.17, 15) is 9.59 Å². The molecule has 1 unspecified atom stereocenters. The third kappa shape index (κ3) is 13.8. The molecule has 0 radical (unpaired) electrons. The van der Waals surface area contributed by atoms with Gasteiger partial charge >= 0.3 is 0 Å². The lowest BCUT2D eigenvalue weighted by Crippen LogP contribution is -2.41. The van der Waals surface area contributed by atoms with Crippen molar-refractivity contribution in [2.24, 2.45) is 0 Å². The van der Waals surface area contributed by atoms with Crippen LogP contribution in [0.25, 0.3) is 0 Å². The molecule has 1 atom stereocenters. The van der Waals surface area contributed by atoms with Gasteiger partial charge in [0, 0.05) is 25.8 Å². The van der Waals surface area contributed by atoms with Crippen LogP contribution in [0.4, 0.5) is 5.69 Å². The van der Waals surface area contributed by atoms with Crippen LogP contribution >= 0.6 is 0 Å². The SMILES string of the molecule is CC.CNCCOCCOCCC(=O)NC(C)C(=O)Nc1ccc(COC)cc1. The number of hydrogen-bond acceptors (Lipinski definition) is 6. The predicted molar refractivity (Wildman–Crippen MR) is 115 cm³/mol. The number of carbonyl (C=O) groups is 2. The fraction of sp³-hybridized carbons (Fsp3) is 0.619. The van der Waals surface area contributed by atoms with Crippen LogP contribution < -0.4 is 16.0 Å². The molecule has 0 fully saturated rings. The number of benzene rings is 1. The van der Waals surface area contributed by atoms with Gasteiger partial charge in [0.25, 0.3) is 0 Å². The molecule has 3 N–H and O–H groups in total. The number of hydrogen-bond donors (Lipinski definition) is 3. The molecule has 1 rings (SSSR count). The first-order valence-corrected chi connectivity index (χ1v) is 10.0. The Morgan fingerprint density at radius 1 is 1.00 bits per heavy atom. The van der Waals surface area contributed by atoms with Crippen LogP contribution in [0.5, 0.6) is 0 Å². The summed E-state index contributed by atoms with van der Waals surface area (Å²) < 4.78 is 15.7. The first-order chi connectivity index (χ1) is 14.1. The smallest absolute Gasteiger partial charge is 0.246 e. The van der Waals surface area contributed by atoms with E-state index in [-0.39, 0.29) is 24.8 Å². The Bertz CT molecular complexity index is 552. The molecule has 29 heavy (non-hydrogen) atoms. The number of amides is 2. The summed E-state index contributed by atoms with van der Waals surface area (Å²) in [5.41, 5.74) is 1.69. The van der Waals surface area contributed by atoms with E-state index in [1.807, 2.05) is 33.0 Å². The first-order valence-electron chi connectivity index (χ1n) is 10.0. The zero-order chi connectivity index (χ0) is 21.9. The quantitative estimate of drug-likeness (QED) is 0.405. The number of nitrogens with one attached hydrogen (secondary N) is 3. The second kappa shape index (κ2) is 18.1. The van der Waals surface area contributed by atoms with Crippen LogP contribution in [0, 0.1) is 0 Å². The molecule has 8 heteroatoms. The van der Waals surface area contributed by atoms with Crippen molar-refractivity contribution >= 4 is 17.5 Å². The van der Waals surface area contributed by atoms with Gasteiger partial charge in [0.05, 0.1) is 33.0 Å². The van der Waals surface area contributed by atoms with E-state index in [1.54, 1.807) is 26.2 Å². The summed E-state index contributed by atoms with van der Waals surface area (Å²) in [6.07, 6.45) is 0.194. The van der Waals surface area contributed by atoms with Gasteiger partial charge in [-0.2, -0.15) is 0 Å². The van der Waals surface area contributed by atoms with Gasteiger partial charge in [-0.05, 0) is 31.7 Å². The molecule has 0 aromatic heterocycles. The van der Waals surface area contributed by atoms with Crippen molar-refractivity contribution in [3.8, 4) is 0 Å². The highest BCUT2D eigenvalue weighted by atomic mass is 16.5. The van der Waals surface area contributed by atoms with Gasteiger partial charge in [-0.15, -0.1) is 0 Å². The molecule has 0 heterocycles. The molecule has 166 valence electrons. The van der Waals surface area contributed by atoms with Crippen molar-refractivity contribution in [1.82, 2.24) is 10.6 Å². The number of anilines is 1. The average molecular weight is 412 g/mol.